The van der Waals surface area contributed by atoms with Gasteiger partial charge in [0, 0.05) is 0 Å². The molecule has 0 aromatic heterocycles. The van der Waals surface area contributed by atoms with Gasteiger partial charge in [-0.1, -0.05) is 63.2 Å². The highest BCUT2D eigenvalue weighted by Gasteiger charge is 2.18. The summed E-state index contributed by atoms with van der Waals surface area (Å²) in [6.45, 7) is 12.0. The van der Waals surface area contributed by atoms with Gasteiger partial charge in [-0.2, -0.15) is 0 Å². The zero-order valence-electron chi connectivity index (χ0n) is 19.0. The van der Waals surface area contributed by atoms with E-state index in [-0.39, 0.29) is 11.2 Å². The molecule has 0 amide bonds. The van der Waals surface area contributed by atoms with E-state index in [1.807, 2.05) is 63.2 Å². The van der Waals surface area contributed by atoms with Crippen LogP contribution in [0.3, 0.4) is 0 Å². The molecule has 3 aromatic carbocycles. The van der Waals surface area contributed by atoms with Crippen LogP contribution in [0.2, 0.25) is 0 Å². The van der Waals surface area contributed by atoms with Gasteiger partial charge >= 0.3 is 0 Å². The average Bonchev–Trinajstić information content (AvgIpc) is 2.68. The van der Waals surface area contributed by atoms with E-state index in [9.17, 15) is 5.11 Å². The number of benzene rings is 3. The molecule has 0 saturated heterocycles. The van der Waals surface area contributed by atoms with Crippen LogP contribution in [-0.2, 0) is 5.41 Å². The van der Waals surface area contributed by atoms with Crippen LogP contribution in [0, 0.1) is 20.8 Å². The van der Waals surface area contributed by atoms with Gasteiger partial charge in [0.25, 0.3) is 0 Å². The van der Waals surface area contributed by atoms with E-state index >= 15 is 0 Å². The number of ether oxygens (including phenoxy) is 1. The van der Waals surface area contributed by atoms with Crippen molar-refractivity contribution in [1.82, 2.24) is 0 Å². The lowest BCUT2D eigenvalue weighted by Gasteiger charge is -2.20. The Kier molecular flexibility index (Phi) is 9.25. The molecular weight excluding hydrogens is 376 g/mol. The first-order chi connectivity index (χ1) is 14.0. The van der Waals surface area contributed by atoms with E-state index in [2.05, 4.69) is 20.8 Å². The molecule has 4 heteroatoms. The second-order valence-corrected chi connectivity index (χ2v) is 8.18. The Balaban J connectivity index is 0.000000230. The zero-order valence-corrected chi connectivity index (χ0v) is 19.0. The fraction of sp³-hybridized carbons (Fsp3) is 0.308. The molecule has 0 saturated carbocycles. The molecular formula is C26H34O4. The largest absolute Gasteiger partial charge is 0.508 e. The number of hydrogen-bond acceptors (Lipinski definition) is 4. The third kappa shape index (κ3) is 7.70. The molecule has 0 unspecified atom stereocenters. The molecule has 162 valence electrons. The molecule has 0 atom stereocenters. The first-order valence-electron chi connectivity index (χ1n) is 9.84. The highest BCUT2D eigenvalue weighted by atomic mass is 16.5. The summed E-state index contributed by atoms with van der Waals surface area (Å²) < 4.78 is 4.88. The second kappa shape index (κ2) is 11.1. The molecule has 0 radical (unpaired) electrons. The number of para-hydroxylation sites is 2. The number of phenols is 3. The van der Waals surface area contributed by atoms with E-state index in [4.69, 9.17) is 14.9 Å². The Morgan fingerprint density at radius 2 is 1.30 bits per heavy atom. The van der Waals surface area contributed by atoms with Gasteiger partial charge in [-0.05, 0) is 66.6 Å². The number of aromatic hydroxyl groups is 3. The van der Waals surface area contributed by atoms with Gasteiger partial charge < -0.3 is 20.1 Å². The van der Waals surface area contributed by atoms with Gasteiger partial charge in [0.1, 0.15) is 11.5 Å². The van der Waals surface area contributed by atoms with E-state index in [0.717, 1.165) is 22.3 Å². The maximum absolute atomic E-state index is 9.73. The van der Waals surface area contributed by atoms with E-state index in [1.54, 1.807) is 18.2 Å². The normalized spacial score (nSPS) is 10.2. The van der Waals surface area contributed by atoms with Gasteiger partial charge in [-0.25, -0.2) is 0 Å². The summed E-state index contributed by atoms with van der Waals surface area (Å²) in [5.41, 5.74) is 3.99. The molecule has 4 nitrogen and oxygen atoms in total. The average molecular weight is 411 g/mol. The van der Waals surface area contributed by atoms with Crippen molar-refractivity contribution >= 4 is 0 Å². The third-order valence-electron chi connectivity index (χ3n) is 4.50. The number of phenolic OH excluding ortho intramolecular Hbond substituents is 3. The third-order valence-corrected chi connectivity index (χ3v) is 4.50. The maximum Gasteiger partial charge on any atom is 0.160 e. The number of aryl methyl sites for hydroxylation is 3. The lowest BCUT2D eigenvalue weighted by Crippen LogP contribution is -2.11. The van der Waals surface area contributed by atoms with Crippen molar-refractivity contribution in [2.45, 2.75) is 47.0 Å². The van der Waals surface area contributed by atoms with Crippen molar-refractivity contribution in [2.75, 3.05) is 7.11 Å². The molecule has 3 N–H and O–H groups in total. The Morgan fingerprint density at radius 3 is 1.73 bits per heavy atom. The summed E-state index contributed by atoms with van der Waals surface area (Å²) in [4.78, 5) is 0. The van der Waals surface area contributed by atoms with Crippen LogP contribution in [0.25, 0.3) is 0 Å². The predicted octanol–water partition coefficient (Wildman–Crippen LogP) is 6.41. The molecule has 3 aromatic rings. The highest BCUT2D eigenvalue weighted by Crippen LogP contribution is 2.32. The topological polar surface area (TPSA) is 69.9 Å². The number of hydrogen-bond donors (Lipinski definition) is 3. The van der Waals surface area contributed by atoms with Gasteiger partial charge in [-0.3, -0.25) is 0 Å². The lowest BCUT2D eigenvalue weighted by molar-refractivity contribution is 0.373. The minimum Gasteiger partial charge on any atom is -0.508 e. The SMILES string of the molecule is COc1cc(C)ccc1O.Cc1cccc(C(C)(C)C)c1O.Cc1ccccc1O. The minimum atomic E-state index is 0.0239. The van der Waals surface area contributed by atoms with Crippen LogP contribution in [0.5, 0.6) is 23.0 Å². The fourth-order valence-corrected chi connectivity index (χ4v) is 2.61. The van der Waals surface area contributed by atoms with Gasteiger partial charge in [0.05, 0.1) is 7.11 Å². The first-order valence-corrected chi connectivity index (χ1v) is 9.84. The van der Waals surface area contributed by atoms with Crippen LogP contribution >= 0.6 is 0 Å². The molecule has 0 aliphatic rings. The number of rotatable bonds is 1. The molecule has 0 fully saturated rings. The quantitative estimate of drug-likeness (QED) is 0.434. The monoisotopic (exact) mass is 410 g/mol. The summed E-state index contributed by atoms with van der Waals surface area (Å²) in [6.07, 6.45) is 0. The van der Waals surface area contributed by atoms with Gasteiger partial charge in [0.15, 0.2) is 11.5 Å². The smallest absolute Gasteiger partial charge is 0.160 e. The van der Waals surface area contributed by atoms with E-state index in [0.29, 0.717) is 17.2 Å². The van der Waals surface area contributed by atoms with Crippen molar-refractivity contribution < 1.29 is 20.1 Å². The Morgan fingerprint density at radius 1 is 0.700 bits per heavy atom. The van der Waals surface area contributed by atoms with E-state index < -0.39 is 0 Å². The maximum atomic E-state index is 9.73. The van der Waals surface area contributed by atoms with Crippen molar-refractivity contribution in [2.24, 2.45) is 0 Å². The summed E-state index contributed by atoms with van der Waals surface area (Å²) in [5, 5.41) is 27.8. The zero-order chi connectivity index (χ0) is 22.9. The van der Waals surface area contributed by atoms with Crippen molar-refractivity contribution in [3.8, 4) is 23.0 Å². The van der Waals surface area contributed by atoms with Gasteiger partial charge in [-0.15, -0.1) is 0 Å². The van der Waals surface area contributed by atoms with Crippen LogP contribution in [0.15, 0.2) is 60.7 Å². The first kappa shape index (κ1) is 24.9. The Labute approximate surface area is 180 Å². The molecule has 0 bridgehead atoms. The van der Waals surface area contributed by atoms with Crippen molar-refractivity contribution in [3.63, 3.8) is 0 Å². The Bertz CT molecular complexity index is 919. The standard InChI is InChI=1S/C11H16O.C8H10O2.C7H8O/c1-8-6-5-7-9(10(8)12)11(2,3)4;1-6-3-4-7(9)8(5-6)10-2;1-6-4-2-3-5-7(6)8/h5-7,12H,1-4H3;3-5,9H,1-2H3;2-5,8H,1H3. The summed E-state index contributed by atoms with van der Waals surface area (Å²) >= 11 is 0. The molecule has 0 aliphatic carbocycles. The minimum absolute atomic E-state index is 0.0239. The van der Waals surface area contributed by atoms with Crippen LogP contribution in [-0.4, -0.2) is 22.4 Å². The summed E-state index contributed by atoms with van der Waals surface area (Å²) in [7, 11) is 1.54. The van der Waals surface area contributed by atoms with Crippen molar-refractivity contribution in [1.29, 1.82) is 0 Å². The molecule has 0 spiro atoms. The van der Waals surface area contributed by atoms with Crippen molar-refractivity contribution in [3.05, 3.63) is 82.9 Å². The van der Waals surface area contributed by atoms with E-state index in [1.165, 1.54) is 7.11 Å². The summed E-state index contributed by atoms with van der Waals surface area (Å²) in [6, 6.07) is 18.4. The number of methoxy groups -OCH3 is 1. The highest BCUT2D eigenvalue weighted by molar-refractivity contribution is 5.43. The molecule has 0 heterocycles. The molecule has 30 heavy (non-hydrogen) atoms. The summed E-state index contributed by atoms with van der Waals surface area (Å²) in [5.74, 6) is 1.52. The predicted molar refractivity (Wildman–Crippen MR) is 124 cm³/mol. The Hall–Kier alpha value is -3.14. The molecule has 3 rings (SSSR count). The van der Waals surface area contributed by atoms with Crippen LogP contribution in [0.4, 0.5) is 0 Å². The lowest BCUT2D eigenvalue weighted by atomic mass is 9.85. The van der Waals surface area contributed by atoms with Crippen LogP contribution < -0.4 is 4.74 Å². The van der Waals surface area contributed by atoms with Crippen LogP contribution in [0.1, 0.15) is 43.0 Å². The second-order valence-electron chi connectivity index (χ2n) is 8.18. The molecule has 0 aliphatic heterocycles. The van der Waals surface area contributed by atoms with Gasteiger partial charge in [0.2, 0.25) is 0 Å². The fourth-order valence-electron chi connectivity index (χ4n) is 2.61.